The van der Waals surface area contributed by atoms with Gasteiger partial charge in [0.25, 0.3) is 0 Å². The van der Waals surface area contributed by atoms with Gasteiger partial charge in [0.15, 0.2) is 5.96 Å². The van der Waals surface area contributed by atoms with Crippen LogP contribution in [0.5, 0.6) is 5.75 Å². The van der Waals surface area contributed by atoms with Crippen LogP contribution in [0.15, 0.2) is 29.3 Å². The van der Waals surface area contributed by atoms with Crippen LogP contribution in [-0.2, 0) is 6.54 Å². The van der Waals surface area contributed by atoms with Gasteiger partial charge in [0, 0.05) is 20.1 Å². The number of hydrogen-bond donors (Lipinski definition) is 2. The van der Waals surface area contributed by atoms with Gasteiger partial charge in [0.05, 0.1) is 12.6 Å². The van der Waals surface area contributed by atoms with E-state index in [9.17, 15) is 0 Å². The van der Waals surface area contributed by atoms with Crippen molar-refractivity contribution in [2.45, 2.75) is 45.7 Å². The zero-order valence-electron chi connectivity index (χ0n) is 16.2. The first-order valence-corrected chi connectivity index (χ1v) is 9.24. The van der Waals surface area contributed by atoms with Gasteiger partial charge in [0.2, 0.25) is 0 Å². The maximum atomic E-state index is 5.83. The highest BCUT2D eigenvalue weighted by Gasteiger charge is 2.24. The number of aliphatic imine (C=N–C) groups is 1. The van der Waals surface area contributed by atoms with E-state index in [-0.39, 0.29) is 30.0 Å². The number of benzene rings is 1. The fraction of sp³-hybridized carbons (Fsp3) is 0.526. The van der Waals surface area contributed by atoms with Crippen LogP contribution < -0.4 is 15.4 Å². The van der Waals surface area contributed by atoms with Crippen LogP contribution in [0, 0.1) is 13.8 Å². The van der Waals surface area contributed by atoms with Gasteiger partial charge in [0.1, 0.15) is 17.4 Å². The van der Waals surface area contributed by atoms with E-state index in [1.807, 2.05) is 29.8 Å². The lowest BCUT2D eigenvalue weighted by Gasteiger charge is -2.25. The minimum Gasteiger partial charge on any atom is -0.493 e. The van der Waals surface area contributed by atoms with Gasteiger partial charge in [-0.2, -0.15) is 5.10 Å². The van der Waals surface area contributed by atoms with Crippen LogP contribution in [0.2, 0.25) is 0 Å². The third kappa shape index (κ3) is 5.82. The summed E-state index contributed by atoms with van der Waals surface area (Å²) in [4.78, 5) is 8.89. The Bertz CT molecular complexity index is 760. The highest BCUT2D eigenvalue weighted by molar-refractivity contribution is 14.0. The Balaban J connectivity index is 0.00000261. The van der Waals surface area contributed by atoms with Crippen molar-refractivity contribution in [1.82, 2.24) is 25.4 Å². The summed E-state index contributed by atoms with van der Waals surface area (Å²) in [6, 6.07) is 8.23. The Kier molecular flexibility index (Phi) is 8.33. The molecule has 0 radical (unpaired) electrons. The number of para-hydroxylation sites is 1. The average molecular weight is 484 g/mol. The average Bonchev–Trinajstić information content (AvgIpc) is 3.03. The smallest absolute Gasteiger partial charge is 0.191 e. The van der Waals surface area contributed by atoms with Gasteiger partial charge in [-0.3, -0.25) is 4.99 Å². The minimum absolute atomic E-state index is 0. The van der Waals surface area contributed by atoms with Crippen molar-refractivity contribution in [2.24, 2.45) is 4.99 Å². The van der Waals surface area contributed by atoms with Gasteiger partial charge in [-0.1, -0.05) is 18.2 Å². The second kappa shape index (κ2) is 10.5. The molecule has 1 aromatic heterocycles. The number of aryl methyl sites for hydroxylation is 3. The number of guanidine groups is 1. The molecule has 2 heterocycles. The first-order valence-electron chi connectivity index (χ1n) is 9.24. The molecular weight excluding hydrogens is 455 g/mol. The Morgan fingerprint density at radius 3 is 2.93 bits per heavy atom. The van der Waals surface area contributed by atoms with E-state index in [1.54, 1.807) is 7.05 Å². The molecule has 0 spiro atoms. The van der Waals surface area contributed by atoms with Gasteiger partial charge < -0.3 is 15.4 Å². The van der Waals surface area contributed by atoms with Crippen LogP contribution in [0.3, 0.4) is 0 Å². The summed E-state index contributed by atoms with van der Waals surface area (Å²) in [6.45, 7) is 6.40. The number of ether oxygens (including phenoxy) is 1. The Hall–Kier alpha value is -1.84. The highest BCUT2D eigenvalue weighted by atomic mass is 127. The number of nitrogens with one attached hydrogen (secondary N) is 2. The summed E-state index contributed by atoms with van der Waals surface area (Å²) in [5.41, 5.74) is 1.16. The molecule has 0 aliphatic carbocycles. The summed E-state index contributed by atoms with van der Waals surface area (Å²) in [6.07, 6.45) is 3.03. The highest BCUT2D eigenvalue weighted by Crippen LogP contribution is 2.22. The number of hydrogen-bond acceptors (Lipinski definition) is 4. The predicted octanol–water partition coefficient (Wildman–Crippen LogP) is 2.98. The molecule has 27 heavy (non-hydrogen) atoms. The van der Waals surface area contributed by atoms with Crippen LogP contribution in [0.1, 0.15) is 42.5 Å². The molecule has 0 amide bonds. The zero-order chi connectivity index (χ0) is 18.4. The van der Waals surface area contributed by atoms with Gasteiger partial charge in [-0.15, -0.1) is 24.0 Å². The van der Waals surface area contributed by atoms with Gasteiger partial charge >= 0.3 is 0 Å². The predicted molar refractivity (Wildman–Crippen MR) is 118 cm³/mol. The molecular formula is C19H29IN6O. The number of fused-ring (bicyclic) bond motifs is 1. The largest absolute Gasteiger partial charge is 0.493 e. The lowest BCUT2D eigenvalue weighted by molar-refractivity contribution is 0.309. The van der Waals surface area contributed by atoms with E-state index >= 15 is 0 Å². The number of nitrogens with zero attached hydrogens (tertiary/aromatic N) is 4. The van der Waals surface area contributed by atoms with E-state index < -0.39 is 0 Å². The van der Waals surface area contributed by atoms with E-state index in [4.69, 9.17) is 4.74 Å². The van der Waals surface area contributed by atoms with E-state index in [2.05, 4.69) is 38.7 Å². The molecule has 1 atom stereocenters. The fourth-order valence-electron chi connectivity index (χ4n) is 3.14. The first kappa shape index (κ1) is 21.5. The number of rotatable bonds is 6. The number of halogens is 1. The van der Waals surface area contributed by atoms with Crippen molar-refractivity contribution in [2.75, 3.05) is 20.2 Å². The summed E-state index contributed by atoms with van der Waals surface area (Å²) < 4.78 is 7.83. The van der Waals surface area contributed by atoms with Gasteiger partial charge in [-0.25, -0.2) is 9.67 Å². The molecule has 148 valence electrons. The quantitative estimate of drug-likeness (QED) is 0.286. The molecule has 2 N–H and O–H groups in total. The summed E-state index contributed by atoms with van der Waals surface area (Å²) >= 11 is 0. The molecule has 0 saturated heterocycles. The molecule has 0 bridgehead atoms. The maximum absolute atomic E-state index is 5.83. The summed E-state index contributed by atoms with van der Waals surface area (Å²) in [5.74, 6) is 3.57. The molecule has 1 aliphatic heterocycles. The summed E-state index contributed by atoms with van der Waals surface area (Å²) in [5, 5.41) is 11.3. The topological polar surface area (TPSA) is 76.4 Å². The monoisotopic (exact) mass is 484 g/mol. The molecule has 8 heteroatoms. The minimum atomic E-state index is 0. The van der Waals surface area contributed by atoms with Crippen LogP contribution in [0.4, 0.5) is 0 Å². The van der Waals surface area contributed by atoms with Crippen molar-refractivity contribution in [1.29, 1.82) is 0 Å². The van der Waals surface area contributed by atoms with Crippen molar-refractivity contribution in [3.05, 3.63) is 41.5 Å². The molecule has 1 aliphatic rings. The lowest BCUT2D eigenvalue weighted by Crippen LogP contribution is -2.42. The van der Waals surface area contributed by atoms with Crippen molar-refractivity contribution in [3.63, 3.8) is 0 Å². The second-order valence-electron chi connectivity index (χ2n) is 6.55. The molecule has 7 nitrogen and oxygen atoms in total. The standard InChI is InChI=1S/C19H28N6O.HI/c1-14-8-4-5-10-17(14)26-13-7-11-21-19(20-3)23-16-9-6-12-25-18(16)22-15(2)24-25;/h4-5,8,10,16H,6-7,9,11-13H2,1-3H3,(H2,20,21,23);1H. The Morgan fingerprint density at radius 2 is 2.15 bits per heavy atom. The Morgan fingerprint density at radius 1 is 1.33 bits per heavy atom. The van der Waals surface area contributed by atoms with Crippen molar-refractivity contribution in [3.8, 4) is 5.75 Å². The first-order chi connectivity index (χ1) is 12.7. The fourth-order valence-corrected chi connectivity index (χ4v) is 3.14. The third-order valence-corrected chi connectivity index (χ3v) is 4.48. The van der Waals surface area contributed by atoms with Crippen LogP contribution in [-0.4, -0.2) is 40.9 Å². The van der Waals surface area contributed by atoms with Crippen molar-refractivity contribution < 1.29 is 4.74 Å². The molecule has 1 aromatic carbocycles. The molecule has 0 saturated carbocycles. The summed E-state index contributed by atoms with van der Waals surface area (Å²) in [7, 11) is 1.79. The van der Waals surface area contributed by atoms with Crippen molar-refractivity contribution >= 4 is 29.9 Å². The molecule has 1 unspecified atom stereocenters. The molecule has 3 rings (SSSR count). The number of aromatic nitrogens is 3. The normalized spacial score (nSPS) is 16.3. The maximum Gasteiger partial charge on any atom is 0.191 e. The molecule has 0 fully saturated rings. The van der Waals surface area contributed by atoms with E-state index in [1.165, 1.54) is 0 Å². The zero-order valence-corrected chi connectivity index (χ0v) is 18.6. The SMILES string of the molecule is CN=C(NCCCOc1ccccc1C)NC1CCCn2nc(C)nc21.I. The van der Waals surface area contributed by atoms with Gasteiger partial charge in [-0.05, 0) is 44.7 Å². The second-order valence-corrected chi connectivity index (χ2v) is 6.55. The van der Waals surface area contributed by atoms with Crippen LogP contribution >= 0.6 is 24.0 Å². The Labute approximate surface area is 178 Å². The lowest BCUT2D eigenvalue weighted by atomic mass is 10.1. The van der Waals surface area contributed by atoms with E-state index in [0.717, 1.165) is 61.3 Å². The molecule has 2 aromatic rings. The van der Waals surface area contributed by atoms with E-state index in [0.29, 0.717) is 6.61 Å². The third-order valence-electron chi connectivity index (χ3n) is 4.48. The van der Waals surface area contributed by atoms with Crippen LogP contribution in [0.25, 0.3) is 0 Å².